The van der Waals surface area contributed by atoms with Crippen LogP contribution in [0.5, 0.6) is 0 Å². The fraction of sp³-hybridized carbons (Fsp3) is 0.250. The van der Waals surface area contributed by atoms with E-state index in [1.54, 1.807) is 0 Å². The maximum absolute atomic E-state index is 10.8. The largest absolute Gasteiger partial charge is 0.298 e. The van der Waals surface area contributed by atoms with Crippen molar-refractivity contribution in [1.29, 1.82) is 0 Å². The molecule has 0 aliphatic carbocycles. The van der Waals surface area contributed by atoms with E-state index in [0.717, 1.165) is 17.4 Å². The van der Waals surface area contributed by atoms with Gasteiger partial charge in [0.2, 0.25) is 0 Å². The van der Waals surface area contributed by atoms with Gasteiger partial charge in [-0.1, -0.05) is 43.6 Å². The van der Waals surface area contributed by atoms with Crippen molar-refractivity contribution in [2.24, 2.45) is 5.92 Å². The minimum atomic E-state index is 0.226. The average Bonchev–Trinajstić information content (AvgIpc) is 2.16. The fourth-order valence-corrected chi connectivity index (χ4v) is 1.30. The molecule has 74 valence electrons. The molecule has 0 aliphatic heterocycles. The van der Waals surface area contributed by atoms with E-state index in [4.69, 9.17) is 11.6 Å². The lowest BCUT2D eigenvalue weighted by molar-refractivity contribution is -0.105. The van der Waals surface area contributed by atoms with E-state index >= 15 is 0 Å². The molecule has 0 atom stereocenters. The number of rotatable bonds is 3. The number of hydrogen-bond donors (Lipinski definition) is 0. The minimum absolute atomic E-state index is 0.226. The molecule has 0 heterocycles. The summed E-state index contributed by atoms with van der Waals surface area (Å²) in [4.78, 5) is 10.8. The highest BCUT2D eigenvalue weighted by Crippen LogP contribution is 2.20. The molecule has 0 N–H and O–H groups in total. The van der Waals surface area contributed by atoms with Gasteiger partial charge in [-0.2, -0.15) is 0 Å². The third kappa shape index (κ3) is 2.71. The summed E-state index contributed by atoms with van der Waals surface area (Å²) in [6.45, 7) is 3.97. The van der Waals surface area contributed by atoms with Gasteiger partial charge in [-0.05, 0) is 29.2 Å². The van der Waals surface area contributed by atoms with Gasteiger partial charge in [0.25, 0.3) is 0 Å². The summed E-state index contributed by atoms with van der Waals surface area (Å²) >= 11 is 5.97. The molecule has 1 aromatic rings. The van der Waals surface area contributed by atoms with Gasteiger partial charge in [-0.3, -0.25) is 4.79 Å². The summed E-state index contributed by atoms with van der Waals surface area (Å²) in [5, 5.41) is 0.674. The molecular formula is C12H13ClO. The van der Waals surface area contributed by atoms with E-state index in [9.17, 15) is 4.79 Å². The van der Waals surface area contributed by atoms with E-state index < -0.39 is 0 Å². The Morgan fingerprint density at radius 2 is 2.00 bits per heavy atom. The van der Waals surface area contributed by atoms with Crippen LogP contribution in [-0.2, 0) is 4.79 Å². The normalized spacial score (nSPS) is 11.9. The highest BCUT2D eigenvalue weighted by atomic mass is 35.5. The molecule has 0 fully saturated rings. The highest BCUT2D eigenvalue weighted by Gasteiger charge is 2.03. The Hall–Kier alpha value is -1.08. The summed E-state index contributed by atoms with van der Waals surface area (Å²) in [6.07, 6.45) is 2.72. The topological polar surface area (TPSA) is 17.1 Å². The Kier molecular flexibility index (Phi) is 3.90. The molecule has 0 saturated heterocycles. The predicted molar refractivity (Wildman–Crippen MR) is 60.3 cm³/mol. The molecule has 0 amide bonds. The molecule has 1 aromatic carbocycles. The number of benzene rings is 1. The molecule has 1 nitrogen and oxygen atoms in total. The van der Waals surface area contributed by atoms with Crippen molar-refractivity contribution >= 4 is 24.0 Å². The van der Waals surface area contributed by atoms with Gasteiger partial charge in [-0.15, -0.1) is 0 Å². The van der Waals surface area contributed by atoms with E-state index in [0.29, 0.717) is 5.02 Å². The molecule has 1 rings (SSSR count). The molecule has 0 spiro atoms. The lowest BCUT2D eigenvalue weighted by Gasteiger charge is -2.04. The Bertz CT molecular complexity index is 353. The molecule has 14 heavy (non-hydrogen) atoms. The third-order valence-electron chi connectivity index (χ3n) is 2.03. The van der Waals surface area contributed by atoms with Gasteiger partial charge in [0.1, 0.15) is 6.29 Å². The molecule has 2 heteroatoms. The first kappa shape index (κ1) is 11.0. The van der Waals surface area contributed by atoms with Gasteiger partial charge in [0.15, 0.2) is 0 Å². The van der Waals surface area contributed by atoms with Crippen LogP contribution in [0.3, 0.4) is 0 Å². The zero-order valence-corrected chi connectivity index (χ0v) is 9.08. The summed E-state index contributed by atoms with van der Waals surface area (Å²) in [5.41, 5.74) is 1.66. The maximum atomic E-state index is 10.8. The van der Waals surface area contributed by atoms with Crippen molar-refractivity contribution in [3.8, 4) is 0 Å². The quantitative estimate of drug-likeness (QED) is 0.548. The van der Waals surface area contributed by atoms with Crippen LogP contribution in [-0.4, -0.2) is 6.29 Å². The second-order valence-electron chi connectivity index (χ2n) is 3.44. The third-order valence-corrected chi connectivity index (χ3v) is 2.37. The Balaban J connectivity index is 3.06. The van der Waals surface area contributed by atoms with Gasteiger partial charge in [0.05, 0.1) is 0 Å². The van der Waals surface area contributed by atoms with Crippen LogP contribution in [0, 0.1) is 5.92 Å². The van der Waals surface area contributed by atoms with Gasteiger partial charge < -0.3 is 0 Å². The van der Waals surface area contributed by atoms with E-state index in [1.807, 2.05) is 44.2 Å². The zero-order valence-electron chi connectivity index (χ0n) is 8.33. The Morgan fingerprint density at radius 1 is 1.36 bits per heavy atom. The number of halogens is 1. The molecular weight excluding hydrogens is 196 g/mol. The van der Waals surface area contributed by atoms with Crippen LogP contribution in [0.25, 0.3) is 6.08 Å². The second kappa shape index (κ2) is 4.97. The van der Waals surface area contributed by atoms with Crippen LogP contribution in [0.4, 0.5) is 0 Å². The van der Waals surface area contributed by atoms with Crippen molar-refractivity contribution in [3.05, 3.63) is 40.4 Å². The zero-order chi connectivity index (χ0) is 10.6. The van der Waals surface area contributed by atoms with Crippen LogP contribution < -0.4 is 0 Å². The second-order valence-corrected chi connectivity index (χ2v) is 3.85. The Morgan fingerprint density at radius 3 is 2.50 bits per heavy atom. The first-order valence-corrected chi connectivity index (χ1v) is 4.94. The number of carbonyl (C=O) groups excluding carboxylic acids is 1. The summed E-state index contributed by atoms with van der Waals surface area (Å²) in [6, 6.07) is 7.49. The van der Waals surface area contributed by atoms with E-state index in [-0.39, 0.29) is 5.92 Å². The van der Waals surface area contributed by atoms with Gasteiger partial charge in [-0.25, -0.2) is 0 Å². The number of carbonyl (C=O) groups is 1. The monoisotopic (exact) mass is 208 g/mol. The molecule has 0 aromatic heterocycles. The summed E-state index contributed by atoms with van der Waals surface area (Å²) in [7, 11) is 0. The van der Waals surface area contributed by atoms with Crippen molar-refractivity contribution in [2.75, 3.05) is 0 Å². The highest BCUT2D eigenvalue weighted by molar-refractivity contribution is 6.32. The smallest absolute Gasteiger partial charge is 0.146 e. The molecule has 0 bridgehead atoms. The van der Waals surface area contributed by atoms with Crippen LogP contribution in [0.15, 0.2) is 29.8 Å². The van der Waals surface area contributed by atoms with Gasteiger partial charge >= 0.3 is 0 Å². The summed E-state index contributed by atoms with van der Waals surface area (Å²) in [5.74, 6) is 0.226. The fourth-order valence-electron chi connectivity index (χ4n) is 1.11. The standard InChI is InChI=1S/C12H13ClO/c1-9(2)11(8-14)7-10-5-3-4-6-12(10)13/h3-9H,1-2H3. The maximum Gasteiger partial charge on any atom is 0.146 e. The summed E-state index contributed by atoms with van der Waals surface area (Å²) < 4.78 is 0. The van der Waals surface area contributed by atoms with Crippen molar-refractivity contribution < 1.29 is 4.79 Å². The number of aldehydes is 1. The minimum Gasteiger partial charge on any atom is -0.298 e. The van der Waals surface area contributed by atoms with Crippen LogP contribution in [0.1, 0.15) is 19.4 Å². The lowest BCUT2D eigenvalue weighted by atomic mass is 10.0. The van der Waals surface area contributed by atoms with Crippen LogP contribution >= 0.6 is 11.6 Å². The predicted octanol–water partition coefficient (Wildman–Crippen LogP) is 3.58. The van der Waals surface area contributed by atoms with Crippen molar-refractivity contribution in [2.45, 2.75) is 13.8 Å². The van der Waals surface area contributed by atoms with E-state index in [1.165, 1.54) is 0 Å². The first-order valence-electron chi connectivity index (χ1n) is 4.56. The molecule has 0 radical (unpaired) electrons. The first-order chi connectivity index (χ1) is 6.65. The average molecular weight is 209 g/mol. The molecule has 0 saturated carbocycles. The van der Waals surface area contributed by atoms with Crippen molar-refractivity contribution in [1.82, 2.24) is 0 Å². The SMILES string of the molecule is CC(C)C(C=O)=Cc1ccccc1Cl. The number of hydrogen-bond acceptors (Lipinski definition) is 1. The number of allylic oxidation sites excluding steroid dienone is 1. The van der Waals surface area contributed by atoms with Gasteiger partial charge in [0, 0.05) is 5.02 Å². The van der Waals surface area contributed by atoms with Crippen molar-refractivity contribution in [3.63, 3.8) is 0 Å². The van der Waals surface area contributed by atoms with Crippen LogP contribution in [0.2, 0.25) is 5.02 Å². The molecule has 0 aliphatic rings. The molecule has 0 unspecified atom stereocenters. The van der Waals surface area contributed by atoms with E-state index in [2.05, 4.69) is 0 Å². The lowest BCUT2D eigenvalue weighted by Crippen LogP contribution is -1.94. The Labute approximate surface area is 89.4 Å².